The molecule has 2 aromatic carbocycles. The van der Waals surface area contributed by atoms with E-state index in [0.29, 0.717) is 5.57 Å². The number of benzene rings is 2. The van der Waals surface area contributed by atoms with Crippen LogP contribution in [0.3, 0.4) is 0 Å². The van der Waals surface area contributed by atoms with Crippen molar-refractivity contribution in [3.05, 3.63) is 97.0 Å². The van der Waals surface area contributed by atoms with Crippen molar-refractivity contribution < 1.29 is 4.74 Å². The summed E-state index contributed by atoms with van der Waals surface area (Å²) >= 11 is 7.07. The van der Waals surface area contributed by atoms with Crippen molar-refractivity contribution in [3.8, 4) is 6.07 Å². The molecule has 1 heterocycles. The summed E-state index contributed by atoms with van der Waals surface area (Å²) in [6.07, 6.45) is 4.99. The molecule has 0 spiro atoms. The number of nitriles is 1. The van der Waals surface area contributed by atoms with E-state index in [4.69, 9.17) is 10.5 Å². The van der Waals surface area contributed by atoms with E-state index in [1.54, 1.807) is 0 Å². The maximum Gasteiger partial charge on any atom is 0.205 e. The van der Waals surface area contributed by atoms with Crippen molar-refractivity contribution in [2.45, 2.75) is 25.2 Å². The summed E-state index contributed by atoms with van der Waals surface area (Å²) < 4.78 is 8.03. The molecule has 4 rings (SSSR count). The topological polar surface area (TPSA) is 59.0 Å². The van der Waals surface area contributed by atoms with E-state index in [9.17, 15) is 5.26 Å². The molecule has 0 radical (unpaired) electrons. The molecule has 2 aliphatic rings. The molecule has 0 saturated heterocycles. The predicted octanol–water partition coefficient (Wildman–Crippen LogP) is 6.54. The van der Waals surface area contributed by atoms with E-state index >= 15 is 0 Å². The van der Waals surface area contributed by atoms with E-state index in [-0.39, 0.29) is 11.8 Å². The average Bonchev–Trinajstić information content (AvgIpc) is 2.67. The SMILES string of the molecule is N#CC1=C(N)OC2=C(CCC/C2=C\c2cccc(Br)c2)[C@H]1c1cccc(Br)c1. The van der Waals surface area contributed by atoms with Crippen LogP contribution in [0.1, 0.15) is 36.3 Å². The number of hydrogen-bond acceptors (Lipinski definition) is 3. The summed E-state index contributed by atoms with van der Waals surface area (Å²) in [6, 6.07) is 18.5. The third kappa shape index (κ3) is 3.67. The molecule has 0 saturated carbocycles. The molecule has 0 unspecified atom stereocenters. The Morgan fingerprint density at radius 3 is 2.54 bits per heavy atom. The maximum absolute atomic E-state index is 9.76. The highest BCUT2D eigenvalue weighted by Crippen LogP contribution is 2.47. The zero-order valence-electron chi connectivity index (χ0n) is 15.1. The fourth-order valence-electron chi connectivity index (χ4n) is 3.90. The van der Waals surface area contributed by atoms with Crippen molar-refractivity contribution in [2.24, 2.45) is 5.73 Å². The molecule has 0 amide bonds. The minimum Gasteiger partial charge on any atom is -0.440 e. The van der Waals surface area contributed by atoms with Gasteiger partial charge in [0, 0.05) is 14.9 Å². The van der Waals surface area contributed by atoms with E-state index in [1.165, 1.54) is 0 Å². The largest absolute Gasteiger partial charge is 0.440 e. The summed E-state index contributed by atoms with van der Waals surface area (Å²) in [5, 5.41) is 9.76. The van der Waals surface area contributed by atoms with Gasteiger partial charge in [-0.25, -0.2) is 0 Å². The second-order valence-corrected chi connectivity index (χ2v) is 8.74. The van der Waals surface area contributed by atoms with Crippen molar-refractivity contribution in [1.29, 1.82) is 5.26 Å². The van der Waals surface area contributed by atoms with Gasteiger partial charge in [-0.05, 0) is 71.9 Å². The Bertz CT molecular complexity index is 1080. The second-order valence-electron chi connectivity index (χ2n) is 6.91. The minimum atomic E-state index is -0.169. The molecule has 140 valence electrons. The first kappa shape index (κ1) is 19.0. The van der Waals surface area contributed by atoms with Gasteiger partial charge in [-0.15, -0.1) is 0 Å². The Morgan fingerprint density at radius 1 is 1.07 bits per heavy atom. The van der Waals surface area contributed by atoms with Gasteiger partial charge < -0.3 is 10.5 Å². The zero-order chi connectivity index (χ0) is 19.7. The number of ether oxygens (including phenoxy) is 1. The van der Waals surface area contributed by atoms with Gasteiger partial charge in [0.1, 0.15) is 17.4 Å². The fourth-order valence-corrected chi connectivity index (χ4v) is 4.73. The number of rotatable bonds is 2. The van der Waals surface area contributed by atoms with Gasteiger partial charge in [-0.1, -0.05) is 56.1 Å². The van der Waals surface area contributed by atoms with Crippen molar-refractivity contribution >= 4 is 37.9 Å². The molecule has 1 atom stereocenters. The first-order valence-corrected chi connectivity index (χ1v) is 10.7. The lowest BCUT2D eigenvalue weighted by Crippen LogP contribution is -2.23. The van der Waals surface area contributed by atoms with Crippen LogP contribution in [0.2, 0.25) is 0 Å². The number of nitrogens with two attached hydrogens (primary N) is 1. The van der Waals surface area contributed by atoms with Crippen LogP contribution in [0.15, 0.2) is 85.8 Å². The highest BCUT2D eigenvalue weighted by molar-refractivity contribution is 9.10. The minimum absolute atomic E-state index is 0.169. The summed E-state index contributed by atoms with van der Waals surface area (Å²) in [4.78, 5) is 0. The van der Waals surface area contributed by atoms with E-state index in [1.807, 2.05) is 30.3 Å². The first-order valence-electron chi connectivity index (χ1n) is 9.09. The smallest absolute Gasteiger partial charge is 0.205 e. The van der Waals surface area contributed by atoms with Crippen molar-refractivity contribution in [3.63, 3.8) is 0 Å². The summed E-state index contributed by atoms with van der Waals surface area (Å²) in [6.45, 7) is 0. The van der Waals surface area contributed by atoms with Gasteiger partial charge in [-0.3, -0.25) is 0 Å². The standard InChI is InChI=1S/C23H18Br2N2O/c24-17-7-1-4-14(11-17)10-16-6-3-9-19-21(15-5-2-8-18(25)12-15)20(13-26)23(27)28-22(16)19/h1-2,4-5,7-8,10-12,21H,3,6,9,27H2/b16-10+/t21-/m1/s1. The van der Waals surface area contributed by atoms with Gasteiger partial charge in [0.2, 0.25) is 5.88 Å². The second kappa shape index (κ2) is 7.98. The molecule has 0 fully saturated rings. The van der Waals surface area contributed by atoms with Crippen LogP contribution in [-0.4, -0.2) is 0 Å². The highest BCUT2D eigenvalue weighted by Gasteiger charge is 2.35. The fraction of sp³-hybridized carbons (Fsp3) is 0.174. The first-order chi connectivity index (χ1) is 13.6. The molecule has 0 bridgehead atoms. The van der Waals surface area contributed by atoms with Crippen LogP contribution in [0.4, 0.5) is 0 Å². The Morgan fingerprint density at radius 2 is 1.82 bits per heavy atom. The molecule has 2 N–H and O–H groups in total. The van der Waals surface area contributed by atoms with Gasteiger partial charge >= 0.3 is 0 Å². The average molecular weight is 498 g/mol. The van der Waals surface area contributed by atoms with E-state index in [0.717, 1.165) is 56.2 Å². The summed E-state index contributed by atoms with van der Waals surface area (Å²) in [7, 11) is 0. The summed E-state index contributed by atoms with van der Waals surface area (Å²) in [5.41, 5.74) is 11.1. The Labute approximate surface area is 181 Å². The van der Waals surface area contributed by atoms with Crippen LogP contribution in [0.25, 0.3) is 6.08 Å². The quantitative estimate of drug-likeness (QED) is 0.512. The number of hydrogen-bond donors (Lipinski definition) is 1. The molecule has 5 heteroatoms. The Kier molecular flexibility index (Phi) is 5.43. The molecule has 1 aliphatic carbocycles. The number of halogens is 2. The van der Waals surface area contributed by atoms with E-state index in [2.05, 4.69) is 62.2 Å². The lowest BCUT2D eigenvalue weighted by atomic mass is 9.77. The highest BCUT2D eigenvalue weighted by atomic mass is 79.9. The number of nitrogens with zero attached hydrogens (tertiary/aromatic N) is 1. The molecular formula is C23H18Br2N2O. The molecule has 3 nitrogen and oxygen atoms in total. The van der Waals surface area contributed by atoms with Crippen LogP contribution in [-0.2, 0) is 4.74 Å². The molecular weight excluding hydrogens is 480 g/mol. The molecule has 28 heavy (non-hydrogen) atoms. The van der Waals surface area contributed by atoms with Gasteiger partial charge in [0.05, 0.1) is 0 Å². The lowest BCUT2D eigenvalue weighted by Gasteiger charge is -2.33. The molecule has 0 aromatic heterocycles. The van der Waals surface area contributed by atoms with Gasteiger partial charge in [-0.2, -0.15) is 5.26 Å². The third-order valence-corrected chi connectivity index (χ3v) is 6.07. The van der Waals surface area contributed by atoms with Crippen LogP contribution in [0.5, 0.6) is 0 Å². The maximum atomic E-state index is 9.76. The van der Waals surface area contributed by atoms with Crippen molar-refractivity contribution in [1.82, 2.24) is 0 Å². The number of allylic oxidation sites excluding steroid dienone is 3. The van der Waals surface area contributed by atoms with Gasteiger partial charge in [0.25, 0.3) is 0 Å². The van der Waals surface area contributed by atoms with Crippen molar-refractivity contribution in [2.75, 3.05) is 0 Å². The monoisotopic (exact) mass is 496 g/mol. The van der Waals surface area contributed by atoms with Crippen LogP contribution < -0.4 is 5.73 Å². The third-order valence-electron chi connectivity index (χ3n) is 5.08. The molecule has 1 aliphatic heterocycles. The summed E-state index contributed by atoms with van der Waals surface area (Å²) in [5.74, 6) is 0.860. The van der Waals surface area contributed by atoms with Gasteiger partial charge in [0.15, 0.2) is 0 Å². The lowest BCUT2D eigenvalue weighted by molar-refractivity contribution is 0.277. The zero-order valence-corrected chi connectivity index (χ0v) is 18.3. The molecule has 2 aromatic rings. The van der Waals surface area contributed by atoms with Crippen LogP contribution in [0, 0.1) is 11.3 Å². The Balaban J connectivity index is 1.85. The normalized spacial score (nSPS) is 20.6. The Hall–Kier alpha value is -2.29. The van der Waals surface area contributed by atoms with Crippen LogP contribution >= 0.6 is 31.9 Å². The predicted molar refractivity (Wildman–Crippen MR) is 118 cm³/mol. The van der Waals surface area contributed by atoms with E-state index < -0.39 is 0 Å².